The van der Waals surface area contributed by atoms with Gasteiger partial charge in [0.05, 0.1) is 6.04 Å². The number of aryl methyl sites for hydroxylation is 1. The molecule has 1 amide bonds. The lowest BCUT2D eigenvalue weighted by molar-refractivity contribution is -0.128. The maximum Gasteiger partial charge on any atom is 0.261 e. The first kappa shape index (κ1) is 17.1. The van der Waals surface area contributed by atoms with E-state index < -0.39 is 6.10 Å². The zero-order valence-electron chi connectivity index (χ0n) is 14.1. The summed E-state index contributed by atoms with van der Waals surface area (Å²) in [5.41, 5.74) is 2.37. The van der Waals surface area contributed by atoms with Gasteiger partial charge in [-0.15, -0.1) is 0 Å². The van der Waals surface area contributed by atoms with Crippen LogP contribution in [0.1, 0.15) is 44.4 Å². The lowest BCUT2D eigenvalue weighted by atomic mass is 10.0. The molecule has 2 unspecified atom stereocenters. The number of rotatable bonds is 7. The van der Waals surface area contributed by atoms with Crippen molar-refractivity contribution in [2.24, 2.45) is 0 Å². The number of hydrogen-bond donors (Lipinski definition) is 1. The van der Waals surface area contributed by atoms with Crippen LogP contribution in [0.3, 0.4) is 0 Å². The predicted octanol–water partition coefficient (Wildman–Crippen LogP) is 4.28. The summed E-state index contributed by atoms with van der Waals surface area (Å²) in [5, 5.41) is 3.06. The maximum absolute atomic E-state index is 12.4. The molecule has 0 spiro atoms. The van der Waals surface area contributed by atoms with E-state index in [4.69, 9.17) is 4.74 Å². The molecular formula is C20H25NO2. The minimum absolute atomic E-state index is 0.0113. The van der Waals surface area contributed by atoms with Crippen LogP contribution in [0.2, 0.25) is 0 Å². The van der Waals surface area contributed by atoms with Crippen molar-refractivity contribution in [1.82, 2.24) is 5.32 Å². The third-order valence-corrected chi connectivity index (χ3v) is 3.94. The van der Waals surface area contributed by atoms with Crippen molar-refractivity contribution in [3.8, 4) is 5.75 Å². The molecule has 0 bridgehead atoms. The highest BCUT2D eigenvalue weighted by atomic mass is 16.5. The molecule has 2 rings (SSSR count). The minimum atomic E-state index is -0.528. The van der Waals surface area contributed by atoms with Gasteiger partial charge in [-0.2, -0.15) is 0 Å². The summed E-state index contributed by atoms with van der Waals surface area (Å²) < 4.78 is 5.74. The van der Waals surface area contributed by atoms with Crippen molar-refractivity contribution in [1.29, 1.82) is 0 Å². The van der Waals surface area contributed by atoms with Gasteiger partial charge in [0.15, 0.2) is 6.10 Å². The van der Waals surface area contributed by atoms with Crippen LogP contribution in [0.25, 0.3) is 0 Å². The monoisotopic (exact) mass is 311 g/mol. The molecule has 0 saturated heterocycles. The highest BCUT2D eigenvalue weighted by Gasteiger charge is 2.19. The Labute approximate surface area is 138 Å². The fraction of sp³-hybridized carbons (Fsp3) is 0.350. The Bertz CT molecular complexity index is 607. The predicted molar refractivity (Wildman–Crippen MR) is 93.5 cm³/mol. The molecule has 0 radical (unpaired) electrons. The van der Waals surface area contributed by atoms with Crippen molar-refractivity contribution >= 4 is 5.91 Å². The van der Waals surface area contributed by atoms with Gasteiger partial charge in [-0.05, 0) is 43.0 Å². The lowest BCUT2D eigenvalue weighted by Crippen LogP contribution is -2.38. The molecule has 2 atom stereocenters. The van der Waals surface area contributed by atoms with Gasteiger partial charge in [0, 0.05) is 0 Å². The summed E-state index contributed by atoms with van der Waals surface area (Å²) in [5.74, 6) is 0.623. The Morgan fingerprint density at radius 3 is 2.26 bits per heavy atom. The SMILES string of the molecule is CCc1ccc(OC(C)C(=O)NC(CC)c2ccccc2)cc1. The van der Waals surface area contributed by atoms with E-state index in [-0.39, 0.29) is 11.9 Å². The van der Waals surface area contributed by atoms with Crippen LogP contribution in [-0.4, -0.2) is 12.0 Å². The van der Waals surface area contributed by atoms with Crippen LogP contribution in [-0.2, 0) is 11.2 Å². The largest absolute Gasteiger partial charge is 0.481 e. The van der Waals surface area contributed by atoms with Crippen molar-refractivity contribution in [3.63, 3.8) is 0 Å². The van der Waals surface area contributed by atoms with E-state index in [1.54, 1.807) is 6.92 Å². The second-order valence-electron chi connectivity index (χ2n) is 5.64. The van der Waals surface area contributed by atoms with Crippen LogP contribution < -0.4 is 10.1 Å². The van der Waals surface area contributed by atoms with Crippen LogP contribution in [0, 0.1) is 0 Å². The minimum Gasteiger partial charge on any atom is -0.481 e. The zero-order chi connectivity index (χ0) is 16.7. The van der Waals surface area contributed by atoms with Gasteiger partial charge < -0.3 is 10.1 Å². The smallest absolute Gasteiger partial charge is 0.261 e. The zero-order valence-corrected chi connectivity index (χ0v) is 14.1. The third-order valence-electron chi connectivity index (χ3n) is 3.94. The van der Waals surface area contributed by atoms with Gasteiger partial charge in [0.25, 0.3) is 5.91 Å². The van der Waals surface area contributed by atoms with E-state index in [0.29, 0.717) is 0 Å². The first-order valence-electron chi connectivity index (χ1n) is 8.25. The molecule has 0 aliphatic carbocycles. The first-order chi connectivity index (χ1) is 11.1. The van der Waals surface area contributed by atoms with Crippen molar-refractivity contribution in [2.45, 2.75) is 45.8 Å². The van der Waals surface area contributed by atoms with E-state index >= 15 is 0 Å². The van der Waals surface area contributed by atoms with E-state index in [2.05, 4.69) is 19.2 Å². The quantitative estimate of drug-likeness (QED) is 0.828. The summed E-state index contributed by atoms with van der Waals surface area (Å²) in [6.45, 7) is 5.95. The number of nitrogens with one attached hydrogen (secondary N) is 1. The molecular weight excluding hydrogens is 286 g/mol. The molecule has 23 heavy (non-hydrogen) atoms. The highest BCUT2D eigenvalue weighted by Crippen LogP contribution is 2.18. The molecule has 2 aromatic carbocycles. The fourth-order valence-corrected chi connectivity index (χ4v) is 2.46. The Morgan fingerprint density at radius 2 is 1.70 bits per heavy atom. The van der Waals surface area contributed by atoms with Gasteiger partial charge in [-0.3, -0.25) is 4.79 Å². The number of amides is 1. The second-order valence-corrected chi connectivity index (χ2v) is 5.64. The average Bonchev–Trinajstić information content (AvgIpc) is 2.60. The number of ether oxygens (including phenoxy) is 1. The second kappa shape index (κ2) is 8.37. The van der Waals surface area contributed by atoms with Gasteiger partial charge >= 0.3 is 0 Å². The standard InChI is InChI=1S/C20H25NO2/c1-4-16-11-13-18(14-12-16)23-15(3)20(22)21-19(5-2)17-9-7-6-8-10-17/h6-15,19H,4-5H2,1-3H3,(H,21,22). The molecule has 1 N–H and O–H groups in total. The molecule has 0 aliphatic rings. The lowest BCUT2D eigenvalue weighted by Gasteiger charge is -2.21. The highest BCUT2D eigenvalue weighted by molar-refractivity contribution is 5.81. The Morgan fingerprint density at radius 1 is 1.04 bits per heavy atom. The third kappa shape index (κ3) is 4.85. The molecule has 0 saturated carbocycles. The number of benzene rings is 2. The Kier molecular flexibility index (Phi) is 6.21. The van der Waals surface area contributed by atoms with Crippen LogP contribution in [0.15, 0.2) is 54.6 Å². The van der Waals surface area contributed by atoms with Gasteiger partial charge in [-0.1, -0.05) is 56.3 Å². The van der Waals surface area contributed by atoms with Crippen LogP contribution in [0.4, 0.5) is 0 Å². The van der Waals surface area contributed by atoms with E-state index in [1.165, 1.54) is 5.56 Å². The van der Waals surface area contributed by atoms with E-state index in [1.807, 2.05) is 54.6 Å². The first-order valence-corrected chi connectivity index (χ1v) is 8.25. The maximum atomic E-state index is 12.4. The average molecular weight is 311 g/mol. The summed E-state index contributed by atoms with van der Waals surface area (Å²) in [6.07, 6.45) is 1.31. The number of carbonyl (C=O) groups is 1. The Balaban J connectivity index is 1.95. The van der Waals surface area contributed by atoms with Crippen LogP contribution >= 0.6 is 0 Å². The number of carbonyl (C=O) groups excluding carboxylic acids is 1. The molecule has 0 aliphatic heterocycles. The number of hydrogen-bond acceptors (Lipinski definition) is 2. The van der Waals surface area contributed by atoms with Crippen molar-refractivity contribution in [2.75, 3.05) is 0 Å². The van der Waals surface area contributed by atoms with E-state index in [9.17, 15) is 4.79 Å². The van der Waals surface area contributed by atoms with Crippen molar-refractivity contribution < 1.29 is 9.53 Å². The summed E-state index contributed by atoms with van der Waals surface area (Å²) in [7, 11) is 0. The molecule has 0 heterocycles. The normalized spacial score (nSPS) is 13.2. The van der Waals surface area contributed by atoms with Gasteiger partial charge in [0.2, 0.25) is 0 Å². The van der Waals surface area contributed by atoms with Gasteiger partial charge in [-0.25, -0.2) is 0 Å². The summed E-state index contributed by atoms with van der Waals surface area (Å²) >= 11 is 0. The molecule has 3 heteroatoms. The van der Waals surface area contributed by atoms with E-state index in [0.717, 1.165) is 24.2 Å². The molecule has 3 nitrogen and oxygen atoms in total. The molecule has 2 aromatic rings. The van der Waals surface area contributed by atoms with Crippen molar-refractivity contribution in [3.05, 3.63) is 65.7 Å². The summed E-state index contributed by atoms with van der Waals surface area (Å²) in [4.78, 5) is 12.4. The fourth-order valence-electron chi connectivity index (χ4n) is 2.46. The molecule has 122 valence electrons. The molecule has 0 fully saturated rings. The van der Waals surface area contributed by atoms with Crippen LogP contribution in [0.5, 0.6) is 5.75 Å². The van der Waals surface area contributed by atoms with Gasteiger partial charge in [0.1, 0.15) is 5.75 Å². The summed E-state index contributed by atoms with van der Waals surface area (Å²) in [6, 6.07) is 17.9. The Hall–Kier alpha value is -2.29. The topological polar surface area (TPSA) is 38.3 Å². The molecule has 0 aromatic heterocycles.